The van der Waals surface area contributed by atoms with Gasteiger partial charge in [-0.3, -0.25) is 14.3 Å². The maximum Gasteiger partial charge on any atom is 0.273 e. The quantitative estimate of drug-likeness (QED) is 0.297. The van der Waals surface area contributed by atoms with E-state index in [0.29, 0.717) is 40.5 Å². The maximum absolute atomic E-state index is 12.6. The van der Waals surface area contributed by atoms with Crippen molar-refractivity contribution in [2.24, 2.45) is 0 Å². The fraction of sp³-hybridized carbons (Fsp3) is 0.261. The predicted octanol–water partition coefficient (Wildman–Crippen LogP) is 5.52. The highest BCUT2D eigenvalue weighted by Crippen LogP contribution is 2.32. The van der Waals surface area contributed by atoms with Gasteiger partial charge in [0.25, 0.3) is 5.91 Å². The summed E-state index contributed by atoms with van der Waals surface area (Å²) in [5.74, 6) is 1.22. The second-order valence-corrected chi connectivity index (χ2v) is 9.53. The van der Waals surface area contributed by atoms with Crippen molar-refractivity contribution in [1.29, 1.82) is 0 Å². The molecule has 0 saturated heterocycles. The normalized spacial score (nSPS) is 11.0. The lowest BCUT2D eigenvalue weighted by Crippen LogP contribution is -2.30. The van der Waals surface area contributed by atoms with Crippen LogP contribution in [0, 0.1) is 6.92 Å². The summed E-state index contributed by atoms with van der Waals surface area (Å²) < 4.78 is 2.00. The molecular weight excluding hydrogens is 476 g/mol. The van der Waals surface area contributed by atoms with Crippen LogP contribution in [0.2, 0.25) is 5.02 Å². The number of rotatable bonds is 8. The molecule has 0 aliphatic heterocycles. The number of halogens is 1. The molecule has 1 amide bonds. The van der Waals surface area contributed by atoms with Gasteiger partial charge >= 0.3 is 0 Å². The smallest absolute Gasteiger partial charge is 0.273 e. The summed E-state index contributed by atoms with van der Waals surface area (Å²) in [6, 6.07) is 9.58. The van der Waals surface area contributed by atoms with E-state index >= 15 is 0 Å². The van der Waals surface area contributed by atoms with Gasteiger partial charge in [0, 0.05) is 41.4 Å². The van der Waals surface area contributed by atoms with Crippen molar-refractivity contribution < 1.29 is 4.79 Å². The molecule has 7 nitrogen and oxygen atoms in total. The first-order valence-corrected chi connectivity index (χ1v) is 12.7. The maximum atomic E-state index is 12.6. The van der Waals surface area contributed by atoms with Crippen molar-refractivity contribution in [2.45, 2.75) is 31.7 Å². The Bertz CT molecular complexity index is 1250. The van der Waals surface area contributed by atoms with Crippen molar-refractivity contribution in [1.82, 2.24) is 29.6 Å². The van der Waals surface area contributed by atoms with Crippen molar-refractivity contribution in [3.05, 3.63) is 69.4 Å². The van der Waals surface area contributed by atoms with Crippen LogP contribution in [0.15, 0.2) is 53.3 Å². The number of carbonyl (C=O) groups is 1. The predicted molar refractivity (Wildman–Crippen MR) is 133 cm³/mol. The lowest BCUT2D eigenvalue weighted by atomic mass is 10.2. The number of amides is 1. The molecule has 0 unspecified atom stereocenters. The van der Waals surface area contributed by atoms with Gasteiger partial charge in [-0.15, -0.1) is 21.5 Å². The SMILES string of the molecule is CCN(CC)C(=O)c1csc(CSc2nnc(-c3cccnc3)n2-c2cc(Cl)ccc2C)n1. The van der Waals surface area contributed by atoms with Crippen LogP contribution in [0.1, 0.15) is 34.9 Å². The number of thiazole rings is 1. The highest BCUT2D eigenvalue weighted by atomic mass is 35.5. The van der Waals surface area contributed by atoms with E-state index in [0.717, 1.165) is 21.8 Å². The fourth-order valence-electron chi connectivity index (χ4n) is 3.36. The Balaban J connectivity index is 1.65. The van der Waals surface area contributed by atoms with Crippen LogP contribution in [0.4, 0.5) is 0 Å². The zero-order valence-electron chi connectivity index (χ0n) is 18.5. The van der Waals surface area contributed by atoms with E-state index in [1.807, 2.05) is 61.1 Å². The monoisotopic (exact) mass is 498 g/mol. The number of nitrogens with zero attached hydrogens (tertiary/aromatic N) is 6. The first-order chi connectivity index (χ1) is 16.0. The van der Waals surface area contributed by atoms with Gasteiger partial charge in [-0.1, -0.05) is 29.4 Å². The summed E-state index contributed by atoms with van der Waals surface area (Å²) in [7, 11) is 0. The molecule has 4 aromatic rings. The lowest BCUT2D eigenvalue weighted by Gasteiger charge is -2.16. The number of pyridine rings is 1. The molecule has 0 spiro atoms. The number of hydrogen-bond acceptors (Lipinski definition) is 7. The molecule has 0 aliphatic rings. The summed E-state index contributed by atoms with van der Waals surface area (Å²) in [4.78, 5) is 23.1. The Hall–Kier alpha value is -2.75. The molecule has 170 valence electrons. The molecule has 3 heterocycles. The molecule has 0 atom stereocenters. The Kier molecular flexibility index (Phi) is 7.42. The summed E-state index contributed by atoms with van der Waals surface area (Å²) >= 11 is 9.32. The summed E-state index contributed by atoms with van der Waals surface area (Å²) in [6.07, 6.45) is 3.49. The molecule has 33 heavy (non-hydrogen) atoms. The molecule has 0 fully saturated rings. The molecule has 0 radical (unpaired) electrons. The molecule has 10 heteroatoms. The van der Waals surface area contributed by atoms with Gasteiger partial charge in [0.1, 0.15) is 10.7 Å². The largest absolute Gasteiger partial charge is 0.338 e. The van der Waals surface area contributed by atoms with Crippen LogP contribution in [0.3, 0.4) is 0 Å². The van der Waals surface area contributed by atoms with Crippen LogP contribution < -0.4 is 0 Å². The Morgan fingerprint density at radius 3 is 2.76 bits per heavy atom. The molecule has 1 aromatic carbocycles. The first-order valence-electron chi connectivity index (χ1n) is 10.5. The van der Waals surface area contributed by atoms with Crippen LogP contribution in [-0.4, -0.2) is 48.6 Å². The van der Waals surface area contributed by atoms with Crippen LogP contribution in [-0.2, 0) is 5.75 Å². The highest BCUT2D eigenvalue weighted by Gasteiger charge is 2.20. The van der Waals surface area contributed by atoms with Crippen molar-refractivity contribution in [3.8, 4) is 17.1 Å². The van der Waals surface area contributed by atoms with E-state index in [4.69, 9.17) is 11.6 Å². The average molecular weight is 499 g/mol. The minimum atomic E-state index is -0.0379. The Labute approximate surface area is 205 Å². The number of aryl methyl sites for hydroxylation is 1. The minimum Gasteiger partial charge on any atom is -0.338 e. The van der Waals surface area contributed by atoms with Crippen molar-refractivity contribution in [2.75, 3.05) is 13.1 Å². The van der Waals surface area contributed by atoms with Gasteiger partial charge < -0.3 is 4.90 Å². The van der Waals surface area contributed by atoms with E-state index in [2.05, 4.69) is 20.2 Å². The summed E-state index contributed by atoms with van der Waals surface area (Å²) in [5.41, 5.74) is 3.30. The van der Waals surface area contributed by atoms with Gasteiger partial charge in [0.05, 0.1) is 11.4 Å². The van der Waals surface area contributed by atoms with E-state index in [-0.39, 0.29) is 5.91 Å². The van der Waals surface area contributed by atoms with Gasteiger partial charge in [-0.2, -0.15) is 0 Å². The van der Waals surface area contributed by atoms with Crippen LogP contribution in [0.5, 0.6) is 0 Å². The molecule has 0 bridgehead atoms. The molecule has 4 rings (SSSR count). The average Bonchev–Trinajstić information content (AvgIpc) is 3.48. The van der Waals surface area contributed by atoms with E-state index in [1.54, 1.807) is 17.3 Å². The van der Waals surface area contributed by atoms with Crippen molar-refractivity contribution in [3.63, 3.8) is 0 Å². The van der Waals surface area contributed by atoms with Crippen LogP contribution >= 0.6 is 34.7 Å². The lowest BCUT2D eigenvalue weighted by molar-refractivity contribution is 0.0768. The molecule has 0 N–H and O–H groups in total. The highest BCUT2D eigenvalue weighted by molar-refractivity contribution is 7.98. The molecule has 3 aromatic heterocycles. The first kappa shape index (κ1) is 23.4. The molecule has 0 saturated carbocycles. The van der Waals surface area contributed by atoms with E-state index in [9.17, 15) is 4.79 Å². The van der Waals surface area contributed by atoms with Gasteiger partial charge in [-0.25, -0.2) is 4.98 Å². The third-order valence-electron chi connectivity index (χ3n) is 5.11. The van der Waals surface area contributed by atoms with E-state index in [1.165, 1.54) is 23.1 Å². The Morgan fingerprint density at radius 2 is 2.03 bits per heavy atom. The molecular formula is C23H23ClN6OS2. The summed E-state index contributed by atoms with van der Waals surface area (Å²) in [5, 5.41) is 12.9. The van der Waals surface area contributed by atoms with Gasteiger partial charge in [-0.05, 0) is 50.6 Å². The fourth-order valence-corrected chi connectivity index (χ4v) is 5.26. The number of hydrogen-bond donors (Lipinski definition) is 0. The number of aromatic nitrogens is 5. The zero-order chi connectivity index (χ0) is 23.4. The zero-order valence-corrected chi connectivity index (χ0v) is 20.9. The number of thioether (sulfide) groups is 1. The number of carbonyl (C=O) groups excluding carboxylic acids is 1. The van der Waals surface area contributed by atoms with Crippen molar-refractivity contribution >= 4 is 40.6 Å². The topological polar surface area (TPSA) is 76.8 Å². The van der Waals surface area contributed by atoms with Gasteiger partial charge in [0.2, 0.25) is 0 Å². The Morgan fingerprint density at radius 1 is 1.21 bits per heavy atom. The molecule has 0 aliphatic carbocycles. The van der Waals surface area contributed by atoms with E-state index < -0.39 is 0 Å². The summed E-state index contributed by atoms with van der Waals surface area (Å²) in [6.45, 7) is 7.29. The minimum absolute atomic E-state index is 0.0379. The third kappa shape index (κ3) is 5.10. The van der Waals surface area contributed by atoms with Gasteiger partial charge in [0.15, 0.2) is 11.0 Å². The second-order valence-electron chi connectivity index (χ2n) is 7.21. The standard InChI is InChI=1S/C23H23ClN6OS2/c1-4-29(5-2)22(31)18-13-32-20(26-18)14-33-23-28-27-21(16-7-6-10-25-12-16)30(23)19-11-17(24)9-8-15(19)3/h6-13H,4-5,14H2,1-3H3. The number of benzene rings is 1. The van der Waals surface area contributed by atoms with Crippen LogP contribution in [0.25, 0.3) is 17.1 Å². The third-order valence-corrected chi connectivity index (χ3v) is 7.32. The second kappa shape index (κ2) is 10.5.